The summed E-state index contributed by atoms with van der Waals surface area (Å²) in [6.45, 7) is 4.31. The van der Waals surface area contributed by atoms with E-state index in [9.17, 15) is 26.0 Å². The van der Waals surface area contributed by atoms with Crippen LogP contribution in [0.25, 0.3) is 0 Å². The number of hydrogen-bond acceptors (Lipinski definition) is 3. The zero-order valence-corrected chi connectivity index (χ0v) is 14.5. The second-order valence-electron chi connectivity index (χ2n) is 5.76. The van der Waals surface area contributed by atoms with Gasteiger partial charge in [-0.25, -0.2) is 31.1 Å². The van der Waals surface area contributed by atoms with Gasteiger partial charge in [-0.2, -0.15) is 0 Å². The number of benzene rings is 1. The summed E-state index contributed by atoms with van der Waals surface area (Å²) in [5.74, 6) is -4.81. The van der Waals surface area contributed by atoms with Crippen molar-refractivity contribution in [2.45, 2.75) is 50.5 Å². The Morgan fingerprint density at radius 1 is 1.17 bits per heavy atom. The number of likely N-dealkylation sites (tertiary alicyclic amines) is 1. The fourth-order valence-corrected chi connectivity index (χ4v) is 2.79. The van der Waals surface area contributed by atoms with E-state index in [2.05, 4.69) is 13.8 Å². The lowest BCUT2D eigenvalue weighted by molar-refractivity contribution is -0.0568. The van der Waals surface area contributed by atoms with Gasteiger partial charge in [0.05, 0.1) is 0 Å². The highest BCUT2D eigenvalue weighted by atomic mass is 32.2. The number of nitrogens with zero attached hydrogens (tertiary/aromatic N) is 1. The van der Waals surface area contributed by atoms with Gasteiger partial charge in [0, 0.05) is 39.5 Å². The Morgan fingerprint density at radius 3 is 2.12 bits per heavy atom. The van der Waals surface area contributed by atoms with E-state index in [0.717, 1.165) is 6.07 Å². The third kappa shape index (κ3) is 6.03. The summed E-state index contributed by atoms with van der Waals surface area (Å²) < 4.78 is 75.6. The molecule has 0 radical (unpaired) electrons. The number of nitrogens with two attached hydrogens (primary N) is 1. The monoisotopic (exact) mass is 372 g/mol. The first kappa shape index (κ1) is 20.9. The lowest BCUT2D eigenvalue weighted by Crippen LogP contribution is -2.39. The Kier molecular flexibility index (Phi) is 7.18. The van der Waals surface area contributed by atoms with Gasteiger partial charge in [-0.15, -0.1) is 0 Å². The van der Waals surface area contributed by atoms with Gasteiger partial charge in [-0.3, -0.25) is 4.90 Å². The molecule has 1 saturated heterocycles. The maximum Gasteiger partial charge on any atom is 0.250 e. The maximum absolute atomic E-state index is 13.8. The van der Waals surface area contributed by atoms with E-state index in [1.807, 2.05) is 0 Å². The maximum atomic E-state index is 13.8. The van der Waals surface area contributed by atoms with Gasteiger partial charge in [-0.05, 0) is 12.1 Å². The van der Waals surface area contributed by atoms with Crippen molar-refractivity contribution in [2.75, 3.05) is 13.1 Å². The molecule has 1 aliphatic heterocycles. The highest BCUT2D eigenvalue weighted by Gasteiger charge is 2.34. The molecule has 0 spiro atoms. The van der Waals surface area contributed by atoms with E-state index < -0.39 is 32.5 Å². The van der Waals surface area contributed by atoms with E-state index in [1.54, 1.807) is 4.90 Å². The van der Waals surface area contributed by atoms with Gasteiger partial charge in [-0.1, -0.05) is 20.3 Å². The van der Waals surface area contributed by atoms with Gasteiger partial charge in [0.15, 0.2) is 0 Å². The molecule has 0 aromatic heterocycles. The standard InChI is InChI=1S/C12H14F4N2O2S.C3H8.H2/c13-9-6-11(21(17,19)20)10(14)5-8(9)7-18-3-1-12(15,16)2-4-18;1-3-2;/h5-6H,1-4,7H2,(H2,17,19,20);3H2,1-2H3;1H. The molecule has 0 saturated carbocycles. The molecule has 140 valence electrons. The van der Waals surface area contributed by atoms with Crippen LogP contribution in [0.15, 0.2) is 17.0 Å². The summed E-state index contributed by atoms with van der Waals surface area (Å²) in [6, 6.07) is 1.25. The molecule has 1 heterocycles. The third-order valence-electron chi connectivity index (χ3n) is 3.39. The highest BCUT2D eigenvalue weighted by Crippen LogP contribution is 2.29. The minimum Gasteiger partial charge on any atom is -0.299 e. The first-order valence-electron chi connectivity index (χ1n) is 7.61. The minimum absolute atomic E-state index is 0. The van der Waals surface area contributed by atoms with Crippen LogP contribution in [-0.4, -0.2) is 32.3 Å². The molecule has 0 amide bonds. The SMILES string of the molecule is CCC.NS(=O)(=O)c1cc(F)c(CN2CCC(F)(F)CC2)cc1F.[HH]. The number of primary sulfonamides is 1. The summed E-state index contributed by atoms with van der Waals surface area (Å²) in [4.78, 5) is 0.639. The van der Waals surface area contributed by atoms with E-state index in [-0.39, 0.29) is 39.5 Å². The van der Waals surface area contributed by atoms with Crippen molar-refractivity contribution in [2.24, 2.45) is 5.14 Å². The number of hydrogen-bond donors (Lipinski definition) is 1. The quantitative estimate of drug-likeness (QED) is 0.826. The molecule has 2 N–H and O–H groups in total. The average molecular weight is 372 g/mol. The van der Waals surface area contributed by atoms with E-state index in [1.165, 1.54) is 6.42 Å². The zero-order chi connectivity index (χ0) is 18.5. The van der Waals surface area contributed by atoms with Crippen molar-refractivity contribution in [1.29, 1.82) is 0 Å². The molecule has 0 unspecified atom stereocenters. The number of halogens is 4. The minimum atomic E-state index is -4.35. The molecule has 9 heteroatoms. The number of piperidine rings is 1. The van der Waals surface area contributed by atoms with Gasteiger partial charge >= 0.3 is 0 Å². The largest absolute Gasteiger partial charge is 0.299 e. The summed E-state index contributed by atoms with van der Waals surface area (Å²) in [6.07, 6.45) is 0.568. The van der Waals surface area contributed by atoms with Crippen LogP contribution < -0.4 is 5.14 Å². The zero-order valence-electron chi connectivity index (χ0n) is 13.7. The topological polar surface area (TPSA) is 63.4 Å². The van der Waals surface area contributed by atoms with Gasteiger partial charge < -0.3 is 0 Å². The van der Waals surface area contributed by atoms with Crippen LogP contribution in [0.2, 0.25) is 0 Å². The van der Waals surface area contributed by atoms with Gasteiger partial charge in [0.25, 0.3) is 5.92 Å². The second kappa shape index (κ2) is 8.26. The van der Waals surface area contributed by atoms with Crippen LogP contribution in [0.5, 0.6) is 0 Å². The predicted octanol–water partition coefficient (Wildman–Crippen LogP) is 3.51. The molecule has 0 atom stereocenters. The summed E-state index contributed by atoms with van der Waals surface area (Å²) in [5, 5.41) is 4.76. The smallest absolute Gasteiger partial charge is 0.250 e. The molecule has 1 aliphatic rings. The first-order chi connectivity index (χ1) is 11.0. The van der Waals surface area contributed by atoms with E-state index in [0.29, 0.717) is 6.07 Å². The molecule has 24 heavy (non-hydrogen) atoms. The van der Waals surface area contributed by atoms with Crippen LogP contribution in [0.4, 0.5) is 17.6 Å². The molecule has 4 nitrogen and oxygen atoms in total. The van der Waals surface area contributed by atoms with Gasteiger partial charge in [0.2, 0.25) is 10.0 Å². The molecule has 1 aromatic rings. The number of rotatable bonds is 3. The van der Waals surface area contributed by atoms with Crippen molar-refractivity contribution >= 4 is 10.0 Å². The molecule has 1 fully saturated rings. The van der Waals surface area contributed by atoms with Gasteiger partial charge in [0.1, 0.15) is 16.5 Å². The van der Waals surface area contributed by atoms with Crippen LogP contribution in [0.1, 0.15) is 40.1 Å². The Bertz CT molecular complexity index is 662. The van der Waals surface area contributed by atoms with E-state index >= 15 is 0 Å². The Balaban J connectivity index is 0.00000134. The third-order valence-corrected chi connectivity index (χ3v) is 4.31. The molecule has 0 aliphatic carbocycles. The normalized spacial score (nSPS) is 18.0. The molecule has 1 aromatic carbocycles. The molecule has 2 rings (SSSR count). The van der Waals surface area contributed by atoms with Crippen molar-refractivity contribution in [3.8, 4) is 0 Å². The molecular weight excluding hydrogens is 348 g/mol. The van der Waals surface area contributed by atoms with Crippen molar-refractivity contribution in [3.63, 3.8) is 0 Å². The van der Waals surface area contributed by atoms with Crippen molar-refractivity contribution in [1.82, 2.24) is 4.90 Å². The summed E-state index contributed by atoms with van der Waals surface area (Å²) in [7, 11) is -4.35. The van der Waals surface area contributed by atoms with Crippen LogP contribution in [0.3, 0.4) is 0 Å². The van der Waals surface area contributed by atoms with E-state index in [4.69, 9.17) is 5.14 Å². The Labute approximate surface area is 141 Å². The summed E-state index contributed by atoms with van der Waals surface area (Å²) in [5.41, 5.74) is -0.0925. The lowest BCUT2D eigenvalue weighted by atomic mass is 10.1. The van der Waals surface area contributed by atoms with Crippen molar-refractivity contribution in [3.05, 3.63) is 29.3 Å². The second-order valence-corrected chi connectivity index (χ2v) is 7.29. The van der Waals surface area contributed by atoms with Crippen LogP contribution in [0, 0.1) is 11.6 Å². The Hall–Kier alpha value is -1.19. The van der Waals surface area contributed by atoms with Crippen LogP contribution >= 0.6 is 0 Å². The predicted molar refractivity (Wildman–Crippen MR) is 85.3 cm³/mol. The fourth-order valence-electron chi connectivity index (χ4n) is 2.19. The average Bonchev–Trinajstić information content (AvgIpc) is 2.44. The highest BCUT2D eigenvalue weighted by molar-refractivity contribution is 7.89. The Morgan fingerprint density at radius 2 is 1.67 bits per heavy atom. The first-order valence-corrected chi connectivity index (χ1v) is 9.15. The summed E-state index contributed by atoms with van der Waals surface area (Å²) >= 11 is 0. The lowest BCUT2D eigenvalue weighted by Gasteiger charge is -2.31. The number of sulfonamides is 1. The van der Waals surface area contributed by atoms with Crippen LogP contribution in [-0.2, 0) is 16.6 Å². The molecular formula is C15H24F4N2O2S. The van der Waals surface area contributed by atoms with Crippen molar-refractivity contribution < 1.29 is 27.4 Å². The molecule has 0 bridgehead atoms. The fraction of sp³-hybridized carbons (Fsp3) is 0.600. The number of alkyl halides is 2.